The van der Waals surface area contributed by atoms with E-state index in [1.807, 2.05) is 11.0 Å². The van der Waals surface area contributed by atoms with Crippen molar-refractivity contribution in [2.45, 2.75) is 12.8 Å². The van der Waals surface area contributed by atoms with Crippen LogP contribution in [0.3, 0.4) is 0 Å². The predicted molar refractivity (Wildman–Crippen MR) is 79.1 cm³/mol. The lowest BCUT2D eigenvalue weighted by atomic mass is 9.97. The summed E-state index contributed by atoms with van der Waals surface area (Å²) in [5.41, 5.74) is 7.02. The van der Waals surface area contributed by atoms with Gasteiger partial charge in [-0.25, -0.2) is 0 Å². The van der Waals surface area contributed by atoms with E-state index in [4.69, 9.17) is 10.5 Å². The second-order valence-electron chi connectivity index (χ2n) is 4.92. The Morgan fingerprint density at radius 3 is 2.74 bits per heavy atom. The van der Waals surface area contributed by atoms with Crippen LogP contribution in [0.4, 0.5) is 5.69 Å². The van der Waals surface area contributed by atoms with Crippen LogP contribution in [-0.2, 0) is 4.74 Å². The first kappa shape index (κ1) is 14.3. The van der Waals surface area contributed by atoms with E-state index in [9.17, 15) is 4.79 Å². The molecule has 1 fully saturated rings. The van der Waals surface area contributed by atoms with Gasteiger partial charge < -0.3 is 15.4 Å². The molecule has 0 bridgehead atoms. The summed E-state index contributed by atoms with van der Waals surface area (Å²) < 4.78 is 6.05. The molecule has 0 saturated carbocycles. The fraction of sp³-hybridized carbons (Fsp3) is 0.500. The van der Waals surface area contributed by atoms with Crippen LogP contribution in [-0.4, -0.2) is 37.6 Å². The first-order valence-electron chi connectivity index (χ1n) is 6.45. The summed E-state index contributed by atoms with van der Waals surface area (Å²) in [4.78, 5) is 14.3. The van der Waals surface area contributed by atoms with Crippen molar-refractivity contribution >= 4 is 27.5 Å². The summed E-state index contributed by atoms with van der Waals surface area (Å²) in [6.07, 6.45) is 1.99. The minimum Gasteiger partial charge on any atom is -0.398 e. The van der Waals surface area contributed by atoms with Gasteiger partial charge in [0.1, 0.15) is 0 Å². The van der Waals surface area contributed by atoms with Crippen LogP contribution in [0.25, 0.3) is 0 Å². The summed E-state index contributed by atoms with van der Waals surface area (Å²) in [6.45, 7) is 2.34. The summed E-state index contributed by atoms with van der Waals surface area (Å²) >= 11 is 3.35. The van der Waals surface area contributed by atoms with Crippen LogP contribution in [0, 0.1) is 5.92 Å². The average Bonchev–Trinajstić information content (AvgIpc) is 2.39. The SMILES string of the molecule is COCC1CCN(C(=O)c2ccc(Br)cc2N)CC1. The van der Waals surface area contributed by atoms with Gasteiger partial charge in [-0.3, -0.25) is 4.79 Å². The third-order valence-corrected chi connectivity index (χ3v) is 4.04. The van der Waals surface area contributed by atoms with Crippen molar-refractivity contribution < 1.29 is 9.53 Å². The summed E-state index contributed by atoms with van der Waals surface area (Å²) in [7, 11) is 1.72. The lowest BCUT2D eigenvalue weighted by Gasteiger charge is -2.32. The van der Waals surface area contributed by atoms with E-state index in [1.165, 1.54) is 0 Å². The van der Waals surface area contributed by atoms with E-state index in [1.54, 1.807) is 19.2 Å². The minimum atomic E-state index is 0.0286. The van der Waals surface area contributed by atoms with Gasteiger partial charge in [-0.1, -0.05) is 15.9 Å². The quantitative estimate of drug-likeness (QED) is 0.868. The molecule has 1 aromatic carbocycles. The summed E-state index contributed by atoms with van der Waals surface area (Å²) in [5.74, 6) is 0.595. The van der Waals surface area contributed by atoms with Gasteiger partial charge in [-0.05, 0) is 37.0 Å². The molecular weight excluding hydrogens is 308 g/mol. The van der Waals surface area contributed by atoms with E-state index < -0.39 is 0 Å². The van der Waals surface area contributed by atoms with Crippen molar-refractivity contribution in [2.75, 3.05) is 32.5 Å². The molecule has 2 rings (SSSR count). The fourth-order valence-electron chi connectivity index (χ4n) is 2.44. The average molecular weight is 327 g/mol. The molecular formula is C14H19BrN2O2. The van der Waals surface area contributed by atoms with Crippen molar-refractivity contribution in [2.24, 2.45) is 5.92 Å². The maximum atomic E-state index is 12.4. The van der Waals surface area contributed by atoms with Gasteiger partial charge in [0.2, 0.25) is 0 Å². The number of halogens is 1. The molecule has 0 radical (unpaired) electrons. The number of nitrogen functional groups attached to an aromatic ring is 1. The van der Waals surface area contributed by atoms with Gasteiger partial charge in [-0.2, -0.15) is 0 Å². The largest absolute Gasteiger partial charge is 0.398 e. The van der Waals surface area contributed by atoms with Crippen molar-refractivity contribution in [1.29, 1.82) is 0 Å². The number of carbonyl (C=O) groups excluding carboxylic acids is 1. The Hall–Kier alpha value is -1.07. The zero-order valence-corrected chi connectivity index (χ0v) is 12.6. The molecule has 104 valence electrons. The molecule has 1 aromatic rings. The maximum absolute atomic E-state index is 12.4. The number of nitrogens with two attached hydrogens (primary N) is 1. The normalized spacial score (nSPS) is 16.6. The van der Waals surface area contributed by atoms with E-state index in [0.717, 1.165) is 37.0 Å². The third-order valence-electron chi connectivity index (χ3n) is 3.55. The van der Waals surface area contributed by atoms with Crippen molar-refractivity contribution in [1.82, 2.24) is 4.90 Å². The molecule has 1 saturated heterocycles. The summed E-state index contributed by atoms with van der Waals surface area (Å²) in [5, 5.41) is 0. The second kappa shape index (κ2) is 6.39. The van der Waals surface area contributed by atoms with Gasteiger partial charge in [0.25, 0.3) is 5.91 Å². The zero-order valence-electron chi connectivity index (χ0n) is 11.1. The minimum absolute atomic E-state index is 0.0286. The fourth-order valence-corrected chi connectivity index (χ4v) is 2.82. The Labute approximate surface area is 122 Å². The molecule has 1 aliphatic rings. The number of benzene rings is 1. The number of hydrogen-bond acceptors (Lipinski definition) is 3. The molecule has 2 N–H and O–H groups in total. The number of anilines is 1. The highest BCUT2D eigenvalue weighted by Crippen LogP contribution is 2.23. The van der Waals surface area contributed by atoms with Crippen LogP contribution >= 0.6 is 15.9 Å². The molecule has 0 atom stereocenters. The number of amides is 1. The first-order valence-corrected chi connectivity index (χ1v) is 7.24. The van der Waals surface area contributed by atoms with Crippen LogP contribution in [0.5, 0.6) is 0 Å². The van der Waals surface area contributed by atoms with Gasteiger partial charge in [0.15, 0.2) is 0 Å². The number of methoxy groups -OCH3 is 1. The van der Waals surface area contributed by atoms with Crippen LogP contribution in [0.1, 0.15) is 23.2 Å². The van der Waals surface area contributed by atoms with Crippen molar-refractivity contribution in [3.63, 3.8) is 0 Å². The number of piperidine rings is 1. The lowest BCUT2D eigenvalue weighted by Crippen LogP contribution is -2.39. The molecule has 1 heterocycles. The molecule has 0 spiro atoms. The third kappa shape index (κ3) is 3.48. The molecule has 5 heteroatoms. The van der Waals surface area contributed by atoms with Gasteiger partial charge in [-0.15, -0.1) is 0 Å². The van der Waals surface area contributed by atoms with Gasteiger partial charge >= 0.3 is 0 Å². The number of nitrogens with zero attached hydrogens (tertiary/aromatic N) is 1. The first-order chi connectivity index (χ1) is 9.11. The number of carbonyl (C=O) groups is 1. The van der Waals surface area contributed by atoms with Gasteiger partial charge in [0, 0.05) is 37.0 Å². The summed E-state index contributed by atoms with van der Waals surface area (Å²) in [6, 6.07) is 5.40. The number of ether oxygens (including phenoxy) is 1. The Morgan fingerprint density at radius 2 is 2.16 bits per heavy atom. The van der Waals surface area contributed by atoms with Crippen LogP contribution < -0.4 is 5.73 Å². The van der Waals surface area contributed by atoms with Gasteiger partial charge in [0.05, 0.1) is 5.56 Å². The van der Waals surface area contributed by atoms with E-state index in [-0.39, 0.29) is 5.91 Å². The van der Waals surface area contributed by atoms with Crippen molar-refractivity contribution in [3.8, 4) is 0 Å². The number of rotatable bonds is 3. The molecule has 1 aliphatic heterocycles. The predicted octanol–water partition coefficient (Wildman–Crippen LogP) is 2.53. The lowest BCUT2D eigenvalue weighted by molar-refractivity contribution is 0.0614. The topological polar surface area (TPSA) is 55.6 Å². The zero-order chi connectivity index (χ0) is 13.8. The highest BCUT2D eigenvalue weighted by Gasteiger charge is 2.24. The number of hydrogen-bond donors (Lipinski definition) is 1. The van der Waals surface area contributed by atoms with E-state index in [2.05, 4.69) is 15.9 Å². The second-order valence-corrected chi connectivity index (χ2v) is 5.84. The maximum Gasteiger partial charge on any atom is 0.255 e. The smallest absolute Gasteiger partial charge is 0.255 e. The number of likely N-dealkylation sites (tertiary alicyclic amines) is 1. The van der Waals surface area contributed by atoms with E-state index in [0.29, 0.717) is 17.2 Å². The Morgan fingerprint density at radius 1 is 1.47 bits per heavy atom. The highest BCUT2D eigenvalue weighted by atomic mass is 79.9. The van der Waals surface area contributed by atoms with E-state index >= 15 is 0 Å². The Balaban J connectivity index is 2.01. The molecule has 0 aromatic heterocycles. The molecule has 0 aliphatic carbocycles. The monoisotopic (exact) mass is 326 g/mol. The molecule has 4 nitrogen and oxygen atoms in total. The van der Waals surface area contributed by atoms with Crippen molar-refractivity contribution in [3.05, 3.63) is 28.2 Å². The molecule has 19 heavy (non-hydrogen) atoms. The molecule has 1 amide bonds. The van der Waals surface area contributed by atoms with Crippen LogP contribution in [0.15, 0.2) is 22.7 Å². The standard InChI is InChI=1S/C14H19BrN2O2/c1-19-9-10-4-6-17(7-5-10)14(18)12-3-2-11(15)8-13(12)16/h2-3,8,10H,4-7,9,16H2,1H3. The Kier molecular flexibility index (Phi) is 4.82. The highest BCUT2D eigenvalue weighted by molar-refractivity contribution is 9.10. The Bertz CT molecular complexity index is 457. The van der Waals surface area contributed by atoms with Crippen LogP contribution in [0.2, 0.25) is 0 Å². The molecule has 0 unspecified atom stereocenters.